The molecule has 0 fully saturated rings. The molecule has 0 amide bonds. The first-order valence-electron chi connectivity index (χ1n) is 13.5. The second-order valence-corrected chi connectivity index (χ2v) is 10.6. The smallest absolute Gasteiger partial charge is 0.249 e. The van der Waals surface area contributed by atoms with Gasteiger partial charge in [0.05, 0.1) is 17.1 Å². The lowest BCUT2D eigenvalue weighted by Crippen LogP contribution is -2.50. The van der Waals surface area contributed by atoms with Crippen LogP contribution in [-0.4, -0.2) is 96.0 Å². The number of benzene rings is 2. The second kappa shape index (κ2) is 13.2. The standard InChI is InChI=1S/C30H40N6O6/c1-33(2)29(37,38)20-41-28(23-14-10-7-11-15-23)26-18-24(32-36(26)5)19-34(3)30(39,40)21-42-27(22-12-8-6-9-13-22)25-16-17-31-35(25)4/h6-18,27-28,37-40H,19-21H2,1-5H3. The van der Waals surface area contributed by atoms with Crippen LogP contribution in [0.1, 0.15) is 40.4 Å². The molecule has 2 unspecified atom stereocenters. The molecular weight excluding hydrogens is 540 g/mol. The Morgan fingerprint density at radius 1 is 0.738 bits per heavy atom. The van der Waals surface area contributed by atoms with Gasteiger partial charge < -0.3 is 29.9 Å². The minimum Gasteiger partial charge on any atom is -0.360 e. The molecule has 42 heavy (non-hydrogen) atoms. The highest BCUT2D eigenvalue weighted by molar-refractivity contribution is 5.28. The van der Waals surface area contributed by atoms with Crippen molar-refractivity contribution in [3.8, 4) is 0 Å². The third-order valence-electron chi connectivity index (χ3n) is 7.18. The van der Waals surface area contributed by atoms with Crippen molar-refractivity contribution in [1.82, 2.24) is 29.4 Å². The fraction of sp³-hybridized carbons (Fsp3) is 0.400. The molecule has 0 saturated heterocycles. The Kier molecular flexibility index (Phi) is 9.92. The van der Waals surface area contributed by atoms with Crippen LogP contribution in [0.5, 0.6) is 0 Å². The van der Waals surface area contributed by atoms with Gasteiger partial charge in [-0.25, -0.2) is 4.90 Å². The van der Waals surface area contributed by atoms with Gasteiger partial charge in [-0.15, -0.1) is 0 Å². The van der Waals surface area contributed by atoms with E-state index in [0.29, 0.717) is 11.4 Å². The fourth-order valence-corrected chi connectivity index (χ4v) is 4.47. The average Bonchev–Trinajstić information content (AvgIpc) is 3.54. The number of aliphatic hydroxyl groups is 4. The molecular formula is C30H40N6O6. The summed E-state index contributed by atoms with van der Waals surface area (Å²) in [4.78, 5) is 2.58. The quantitative estimate of drug-likeness (QED) is 0.162. The molecule has 2 aromatic carbocycles. The van der Waals surface area contributed by atoms with E-state index >= 15 is 0 Å². The largest absolute Gasteiger partial charge is 0.360 e. The van der Waals surface area contributed by atoms with Crippen LogP contribution in [0.2, 0.25) is 0 Å². The molecule has 12 nitrogen and oxygen atoms in total. The van der Waals surface area contributed by atoms with Crippen LogP contribution in [0.3, 0.4) is 0 Å². The number of nitrogens with zero attached hydrogens (tertiary/aromatic N) is 6. The highest BCUT2D eigenvalue weighted by Crippen LogP contribution is 2.29. The van der Waals surface area contributed by atoms with E-state index in [-0.39, 0.29) is 13.2 Å². The zero-order valence-corrected chi connectivity index (χ0v) is 24.6. The van der Waals surface area contributed by atoms with Crippen molar-refractivity contribution in [2.75, 3.05) is 34.4 Å². The van der Waals surface area contributed by atoms with Gasteiger partial charge in [-0.3, -0.25) is 14.3 Å². The maximum atomic E-state index is 11.0. The molecule has 2 heterocycles. The Morgan fingerprint density at radius 3 is 1.76 bits per heavy atom. The van der Waals surface area contributed by atoms with Gasteiger partial charge in [0.15, 0.2) is 0 Å². The van der Waals surface area contributed by atoms with Crippen LogP contribution in [-0.2, 0) is 30.1 Å². The van der Waals surface area contributed by atoms with E-state index < -0.39 is 30.6 Å². The minimum absolute atomic E-state index is 0.0784. The summed E-state index contributed by atoms with van der Waals surface area (Å²) in [5.74, 6) is -4.49. The lowest BCUT2D eigenvalue weighted by atomic mass is 10.1. The monoisotopic (exact) mass is 580 g/mol. The van der Waals surface area contributed by atoms with E-state index in [1.165, 1.54) is 23.9 Å². The van der Waals surface area contributed by atoms with Gasteiger partial charge in [-0.1, -0.05) is 60.7 Å². The van der Waals surface area contributed by atoms with Gasteiger partial charge >= 0.3 is 0 Å². The zero-order chi connectivity index (χ0) is 30.5. The van der Waals surface area contributed by atoms with E-state index in [1.54, 1.807) is 42.8 Å². The van der Waals surface area contributed by atoms with Crippen LogP contribution in [0.15, 0.2) is 79.0 Å². The third kappa shape index (κ3) is 7.48. The van der Waals surface area contributed by atoms with Crippen LogP contribution >= 0.6 is 0 Å². The molecule has 4 N–H and O–H groups in total. The van der Waals surface area contributed by atoms with E-state index in [1.807, 2.05) is 66.7 Å². The molecule has 0 aliphatic rings. The summed E-state index contributed by atoms with van der Waals surface area (Å²) in [6.45, 7) is -0.717. The Balaban J connectivity index is 1.50. The van der Waals surface area contributed by atoms with Gasteiger partial charge in [0.2, 0.25) is 11.8 Å². The Hall–Kier alpha value is -3.46. The Labute approximate surface area is 245 Å². The van der Waals surface area contributed by atoms with Gasteiger partial charge in [-0.2, -0.15) is 10.2 Å². The summed E-state index contributed by atoms with van der Waals surface area (Å²) in [5.41, 5.74) is 3.61. The average molecular weight is 581 g/mol. The van der Waals surface area contributed by atoms with Crippen LogP contribution in [0.25, 0.3) is 0 Å². The Bertz CT molecular complexity index is 1410. The molecule has 0 saturated carbocycles. The summed E-state index contributed by atoms with van der Waals surface area (Å²) in [5, 5.41) is 51.4. The fourth-order valence-electron chi connectivity index (χ4n) is 4.47. The van der Waals surface area contributed by atoms with Crippen molar-refractivity contribution in [2.24, 2.45) is 14.1 Å². The summed E-state index contributed by atoms with van der Waals surface area (Å²) < 4.78 is 15.4. The normalized spacial score (nSPS) is 14.1. The molecule has 0 radical (unpaired) electrons. The van der Waals surface area contributed by atoms with E-state index in [4.69, 9.17) is 9.47 Å². The molecule has 2 aromatic heterocycles. The zero-order valence-electron chi connectivity index (χ0n) is 24.6. The van der Waals surface area contributed by atoms with Gasteiger partial charge in [0.25, 0.3) is 0 Å². The van der Waals surface area contributed by atoms with Crippen LogP contribution in [0, 0.1) is 0 Å². The minimum atomic E-state index is -2.32. The first-order valence-corrected chi connectivity index (χ1v) is 13.5. The van der Waals surface area contributed by atoms with Gasteiger partial charge in [-0.05, 0) is 44.4 Å². The highest BCUT2D eigenvalue weighted by atomic mass is 16.6. The van der Waals surface area contributed by atoms with E-state index in [0.717, 1.165) is 16.8 Å². The van der Waals surface area contributed by atoms with Crippen molar-refractivity contribution < 1.29 is 29.9 Å². The predicted molar refractivity (Wildman–Crippen MR) is 154 cm³/mol. The van der Waals surface area contributed by atoms with Gasteiger partial charge in [0.1, 0.15) is 25.4 Å². The molecule has 4 rings (SSSR count). The Morgan fingerprint density at radius 2 is 1.26 bits per heavy atom. The third-order valence-corrected chi connectivity index (χ3v) is 7.18. The van der Waals surface area contributed by atoms with Gasteiger partial charge in [0, 0.05) is 26.8 Å². The summed E-state index contributed by atoms with van der Waals surface area (Å²) in [6.07, 6.45) is 0.435. The summed E-state index contributed by atoms with van der Waals surface area (Å²) in [7, 11) is 8.20. The number of rotatable bonds is 14. The number of likely N-dealkylation sites (N-methyl/N-ethyl adjacent to an activating group) is 2. The van der Waals surface area contributed by atoms with Crippen molar-refractivity contribution >= 4 is 0 Å². The van der Waals surface area contributed by atoms with Crippen molar-refractivity contribution in [3.63, 3.8) is 0 Å². The molecule has 0 aliphatic carbocycles. The van der Waals surface area contributed by atoms with Crippen molar-refractivity contribution in [2.45, 2.75) is 30.6 Å². The highest BCUT2D eigenvalue weighted by Gasteiger charge is 2.34. The number of aromatic nitrogens is 4. The maximum absolute atomic E-state index is 11.0. The van der Waals surface area contributed by atoms with Crippen molar-refractivity contribution in [3.05, 3.63) is 107 Å². The number of aryl methyl sites for hydroxylation is 2. The SMILES string of the molecule is CN(C)C(O)(O)COC(c1ccccc1)c1cc(CN(C)C(O)(O)COC(c2ccccc2)c2ccnn2C)nn1C. The summed E-state index contributed by atoms with van der Waals surface area (Å²) >= 11 is 0. The van der Waals surface area contributed by atoms with E-state index in [9.17, 15) is 20.4 Å². The lowest BCUT2D eigenvalue weighted by molar-refractivity contribution is -0.288. The number of hydrogen-bond acceptors (Lipinski definition) is 10. The number of hydrogen-bond donors (Lipinski definition) is 4. The maximum Gasteiger partial charge on any atom is 0.249 e. The first kappa shape index (κ1) is 31.5. The lowest BCUT2D eigenvalue weighted by Gasteiger charge is -2.32. The van der Waals surface area contributed by atoms with Crippen molar-refractivity contribution in [1.29, 1.82) is 0 Å². The second-order valence-electron chi connectivity index (χ2n) is 10.6. The predicted octanol–water partition coefficient (Wildman–Crippen LogP) is 1.34. The van der Waals surface area contributed by atoms with E-state index in [2.05, 4.69) is 10.2 Å². The van der Waals surface area contributed by atoms with Crippen LogP contribution < -0.4 is 0 Å². The molecule has 226 valence electrons. The van der Waals surface area contributed by atoms with Crippen LogP contribution in [0.4, 0.5) is 0 Å². The topological polar surface area (TPSA) is 142 Å². The molecule has 0 spiro atoms. The first-order chi connectivity index (χ1) is 19.9. The summed E-state index contributed by atoms with van der Waals surface area (Å²) in [6, 6.07) is 22.5. The molecule has 2 atom stereocenters. The molecule has 0 aliphatic heterocycles. The molecule has 0 bridgehead atoms. The molecule has 4 aromatic rings. The molecule has 12 heteroatoms. The number of ether oxygens (including phenoxy) is 2.